The lowest BCUT2D eigenvalue weighted by Gasteiger charge is -2.21. The molecule has 0 saturated carbocycles. The number of allylic oxidation sites excluding steroid dienone is 1. The Bertz CT molecular complexity index is 1020. The number of hydrogen-bond acceptors (Lipinski definition) is 7. The average molecular weight is 460 g/mol. The van der Waals surface area contributed by atoms with Gasteiger partial charge in [-0.25, -0.2) is 9.78 Å². The van der Waals surface area contributed by atoms with Crippen LogP contribution in [-0.2, 0) is 4.79 Å². The molecule has 2 amide bonds. The Morgan fingerprint density at radius 2 is 2.26 bits per heavy atom. The molecule has 1 fully saturated rings. The number of thiazole rings is 1. The summed E-state index contributed by atoms with van der Waals surface area (Å²) in [6.45, 7) is 5.11. The molecule has 0 radical (unpaired) electrons. The second-order valence-electron chi connectivity index (χ2n) is 7.58. The minimum atomic E-state index is -0.991. The topological polar surface area (TPSA) is 107 Å². The van der Waals surface area contributed by atoms with Crippen molar-refractivity contribution in [1.29, 1.82) is 0 Å². The van der Waals surface area contributed by atoms with Gasteiger partial charge in [0.25, 0.3) is 0 Å². The molecule has 0 aromatic carbocycles. The van der Waals surface area contributed by atoms with Crippen molar-refractivity contribution in [3.63, 3.8) is 0 Å². The van der Waals surface area contributed by atoms with E-state index in [1.807, 2.05) is 12.1 Å². The Morgan fingerprint density at radius 3 is 3.00 bits per heavy atom. The summed E-state index contributed by atoms with van der Waals surface area (Å²) in [5.41, 5.74) is 1.86. The molecule has 8 nitrogen and oxygen atoms in total. The van der Waals surface area contributed by atoms with Crippen molar-refractivity contribution in [1.82, 2.24) is 25.5 Å². The Balaban J connectivity index is 1.57. The summed E-state index contributed by atoms with van der Waals surface area (Å²) >= 11 is 3.07. The molecule has 2 aromatic rings. The van der Waals surface area contributed by atoms with E-state index in [1.165, 1.54) is 16.7 Å². The molecule has 3 atom stereocenters. The third-order valence-corrected chi connectivity index (χ3v) is 7.79. The van der Waals surface area contributed by atoms with Gasteiger partial charge in [0.2, 0.25) is 5.91 Å². The molecule has 4 heterocycles. The fourth-order valence-electron chi connectivity index (χ4n) is 3.56. The summed E-state index contributed by atoms with van der Waals surface area (Å²) < 4.78 is 1.04. The van der Waals surface area contributed by atoms with Gasteiger partial charge in [-0.3, -0.25) is 14.7 Å². The summed E-state index contributed by atoms with van der Waals surface area (Å²) in [4.78, 5) is 35.1. The van der Waals surface area contributed by atoms with Crippen molar-refractivity contribution in [2.45, 2.75) is 44.0 Å². The van der Waals surface area contributed by atoms with E-state index in [9.17, 15) is 14.7 Å². The predicted octanol–water partition coefficient (Wildman–Crippen LogP) is 3.50. The maximum Gasteiger partial charge on any atom is 0.411 e. The molecule has 4 rings (SSSR count). The molecule has 31 heavy (non-hydrogen) atoms. The highest BCUT2D eigenvalue weighted by Gasteiger charge is 2.41. The Hall–Kier alpha value is -2.43. The molecule has 0 spiro atoms. The molecule has 0 aliphatic carbocycles. The maximum atomic E-state index is 12.7. The number of fused-ring (bicyclic) bond motifs is 2. The fraction of sp³-hybridized carbons (Fsp3) is 0.429. The normalized spacial score (nSPS) is 21.4. The first-order valence-electron chi connectivity index (χ1n) is 10.3. The van der Waals surface area contributed by atoms with Crippen molar-refractivity contribution >= 4 is 45.3 Å². The zero-order valence-corrected chi connectivity index (χ0v) is 19.0. The lowest BCUT2D eigenvalue weighted by molar-refractivity contribution is -0.121. The van der Waals surface area contributed by atoms with Crippen molar-refractivity contribution < 1.29 is 14.7 Å². The molecule has 2 aliphatic rings. The third-order valence-electron chi connectivity index (χ3n) is 5.44. The molecule has 3 unspecified atom stereocenters. The molecule has 2 aromatic heterocycles. The Morgan fingerprint density at radius 1 is 1.42 bits per heavy atom. The highest BCUT2D eigenvalue weighted by Crippen LogP contribution is 2.52. The van der Waals surface area contributed by atoms with Gasteiger partial charge in [-0.15, -0.1) is 11.3 Å². The van der Waals surface area contributed by atoms with E-state index in [0.29, 0.717) is 19.0 Å². The van der Waals surface area contributed by atoms with Gasteiger partial charge in [0, 0.05) is 42.9 Å². The summed E-state index contributed by atoms with van der Waals surface area (Å²) in [6, 6.07) is 2.31. The minimum absolute atomic E-state index is 0.0315. The van der Waals surface area contributed by atoms with Crippen LogP contribution in [0.5, 0.6) is 0 Å². The molecular formula is C21H25N5O3S2. The van der Waals surface area contributed by atoms with E-state index in [1.54, 1.807) is 29.9 Å². The quantitative estimate of drug-likeness (QED) is 0.582. The first kappa shape index (κ1) is 21.8. The number of carbonyl (C=O) groups is 2. The van der Waals surface area contributed by atoms with Gasteiger partial charge in [0.15, 0.2) is 0 Å². The van der Waals surface area contributed by atoms with E-state index < -0.39 is 6.09 Å². The van der Waals surface area contributed by atoms with Gasteiger partial charge >= 0.3 is 6.09 Å². The van der Waals surface area contributed by atoms with E-state index in [-0.39, 0.29) is 23.7 Å². The van der Waals surface area contributed by atoms with Crippen molar-refractivity contribution in [2.24, 2.45) is 0 Å². The minimum Gasteiger partial charge on any atom is -0.465 e. The highest BCUT2D eigenvalue weighted by atomic mass is 32.2. The zero-order valence-electron chi connectivity index (χ0n) is 17.4. The smallest absolute Gasteiger partial charge is 0.411 e. The largest absolute Gasteiger partial charge is 0.465 e. The van der Waals surface area contributed by atoms with Crippen LogP contribution in [0.2, 0.25) is 0 Å². The second kappa shape index (κ2) is 9.37. The van der Waals surface area contributed by atoms with E-state index in [2.05, 4.69) is 29.5 Å². The van der Waals surface area contributed by atoms with Crippen LogP contribution < -0.4 is 10.6 Å². The van der Waals surface area contributed by atoms with Gasteiger partial charge in [0.05, 0.1) is 27.7 Å². The summed E-state index contributed by atoms with van der Waals surface area (Å²) in [7, 11) is 0. The van der Waals surface area contributed by atoms with Crippen molar-refractivity contribution in [2.75, 3.05) is 13.1 Å². The van der Waals surface area contributed by atoms with Crippen LogP contribution in [0.15, 0.2) is 41.2 Å². The van der Waals surface area contributed by atoms with E-state index >= 15 is 0 Å². The van der Waals surface area contributed by atoms with Crippen LogP contribution in [-0.4, -0.2) is 56.5 Å². The van der Waals surface area contributed by atoms with Crippen LogP contribution >= 0.6 is 23.1 Å². The van der Waals surface area contributed by atoms with Crippen molar-refractivity contribution in [3.8, 4) is 0 Å². The first-order valence-corrected chi connectivity index (χ1v) is 12.0. The van der Waals surface area contributed by atoms with Gasteiger partial charge in [-0.1, -0.05) is 24.8 Å². The lowest BCUT2D eigenvalue weighted by Crippen LogP contribution is -2.37. The van der Waals surface area contributed by atoms with Crippen LogP contribution in [0.1, 0.15) is 37.6 Å². The fourth-order valence-corrected chi connectivity index (χ4v) is 6.15. The van der Waals surface area contributed by atoms with Crippen LogP contribution in [0.25, 0.3) is 10.2 Å². The number of amides is 2. The number of hydrogen-bond donors (Lipinski definition) is 3. The summed E-state index contributed by atoms with van der Waals surface area (Å²) in [5, 5.41) is 16.5. The highest BCUT2D eigenvalue weighted by molar-refractivity contribution is 8.04. The maximum absolute atomic E-state index is 12.7. The monoisotopic (exact) mass is 459 g/mol. The number of thioether (sulfide) groups is 1. The second-order valence-corrected chi connectivity index (χ2v) is 9.83. The standard InChI is InChI=1S/C21H25N5O3S2/c1-3-12(2)23-8-5-17(27)25-20-18(19-24-14-10-22-7-4-15(14)30-19)13-6-9-26(21(28)29)11-16(13)31-20/h4,6-7,10-12,18,20,23H,3,5,8-9H2,1-2H3,(H,25,27)(H,28,29). The lowest BCUT2D eigenvalue weighted by atomic mass is 9.97. The molecule has 3 N–H and O–H groups in total. The summed E-state index contributed by atoms with van der Waals surface area (Å²) in [6.07, 6.45) is 7.48. The van der Waals surface area contributed by atoms with Gasteiger partial charge in [-0.2, -0.15) is 0 Å². The molecule has 0 bridgehead atoms. The Labute approximate surface area is 188 Å². The van der Waals surface area contributed by atoms with Gasteiger partial charge in [-0.05, 0) is 25.0 Å². The molecular weight excluding hydrogens is 434 g/mol. The molecule has 2 aliphatic heterocycles. The van der Waals surface area contributed by atoms with Crippen molar-refractivity contribution in [3.05, 3.63) is 46.2 Å². The zero-order chi connectivity index (χ0) is 22.0. The number of nitrogens with zero attached hydrogens (tertiary/aromatic N) is 3. The van der Waals surface area contributed by atoms with Crippen LogP contribution in [0.3, 0.4) is 0 Å². The predicted molar refractivity (Wildman–Crippen MR) is 123 cm³/mol. The first-order chi connectivity index (χ1) is 15.0. The number of rotatable bonds is 7. The van der Waals surface area contributed by atoms with Gasteiger partial charge in [0.1, 0.15) is 5.01 Å². The van der Waals surface area contributed by atoms with E-state index in [0.717, 1.165) is 32.1 Å². The molecule has 1 saturated heterocycles. The van der Waals surface area contributed by atoms with Crippen LogP contribution in [0, 0.1) is 0 Å². The third kappa shape index (κ3) is 4.76. The number of aromatic nitrogens is 2. The molecule has 164 valence electrons. The number of nitrogens with one attached hydrogen (secondary N) is 2. The number of carboxylic acid groups (broad SMARTS) is 1. The summed E-state index contributed by atoms with van der Waals surface area (Å²) in [5.74, 6) is -0.160. The number of pyridine rings is 1. The van der Waals surface area contributed by atoms with E-state index in [4.69, 9.17) is 4.98 Å². The number of carbonyl (C=O) groups excluding carboxylic acids is 1. The van der Waals surface area contributed by atoms with Gasteiger partial charge < -0.3 is 15.7 Å². The van der Waals surface area contributed by atoms with Crippen LogP contribution in [0.4, 0.5) is 4.79 Å². The SMILES string of the molecule is CCC(C)NCCC(=O)NC1SC2=CN(C(=O)O)CC=C2C1c1nc2cnccc2s1. The average Bonchev–Trinajstić information content (AvgIpc) is 3.33. The molecule has 10 heteroatoms. The Kier molecular flexibility index (Phi) is 6.59.